The third-order valence-electron chi connectivity index (χ3n) is 8.40. The molecule has 10 rings (SSSR count). The normalized spacial score (nSPS) is 16.5. The molecule has 2 heteroatoms. The second kappa shape index (κ2) is 9.69. The van der Waals surface area contributed by atoms with Gasteiger partial charge in [0.15, 0.2) is 0 Å². The predicted octanol–water partition coefficient (Wildman–Crippen LogP) is 12.8. The molecule has 0 bridgehead atoms. The van der Waals surface area contributed by atoms with Crippen LogP contribution < -0.4 is 0 Å². The molecule has 214 valence electrons. The van der Waals surface area contributed by atoms with Crippen molar-refractivity contribution in [2.45, 2.75) is 0 Å². The van der Waals surface area contributed by atoms with Crippen LogP contribution in [0.15, 0.2) is 166 Å². The van der Waals surface area contributed by atoms with Crippen molar-refractivity contribution >= 4 is 65.2 Å². The van der Waals surface area contributed by atoms with Crippen LogP contribution in [-0.4, -0.2) is 0 Å². The van der Waals surface area contributed by atoms with Crippen LogP contribution in [0.1, 0.15) is 20.6 Å². The van der Waals surface area contributed by atoms with Crippen LogP contribution in [0.2, 0.25) is 0 Å². The summed E-state index contributed by atoms with van der Waals surface area (Å²) in [7, 11) is 0. The van der Waals surface area contributed by atoms with Gasteiger partial charge in [0.25, 0.3) is 0 Å². The molecule has 0 aliphatic heterocycles. The standard InChI is InChI=1S/C44H26O2/c1-2-13-28(14-3-1)39-24-29-25-41-38(26-40(29)45-39)36-22-11-23-37(44(36)46-41)43-34-19-8-6-17-32(34)42(33-18-7-9-20-35(33)43)31-21-10-15-27-12-4-5-16-30(27)31/h1-26H/i4D,5D,6D,7D,8D,9D,10D,12D,15D,16D,17D,18D,19D,20D,21D. The van der Waals surface area contributed by atoms with Gasteiger partial charge in [0.1, 0.15) is 22.5 Å². The monoisotopic (exact) mass is 601 g/mol. The quantitative estimate of drug-likeness (QED) is 0.188. The van der Waals surface area contributed by atoms with Crippen LogP contribution >= 0.6 is 0 Å². The smallest absolute Gasteiger partial charge is 0.143 e. The molecular formula is C44H26O2. The number of fused-ring (bicyclic) bond motifs is 7. The summed E-state index contributed by atoms with van der Waals surface area (Å²) in [4.78, 5) is 0. The molecule has 46 heavy (non-hydrogen) atoms. The van der Waals surface area contributed by atoms with Crippen LogP contribution in [0.3, 0.4) is 0 Å². The summed E-state index contributed by atoms with van der Waals surface area (Å²) in [5.41, 5.74) is 1.40. The Morgan fingerprint density at radius 3 is 1.80 bits per heavy atom. The molecule has 2 nitrogen and oxygen atoms in total. The number of rotatable bonds is 3. The van der Waals surface area contributed by atoms with Gasteiger partial charge in [-0.25, -0.2) is 0 Å². The van der Waals surface area contributed by atoms with E-state index in [0.29, 0.717) is 27.7 Å². The van der Waals surface area contributed by atoms with E-state index in [4.69, 9.17) is 22.5 Å². The van der Waals surface area contributed by atoms with Gasteiger partial charge < -0.3 is 8.83 Å². The Bertz CT molecular complexity index is 3560. The maximum atomic E-state index is 9.42. The van der Waals surface area contributed by atoms with Gasteiger partial charge in [-0.05, 0) is 61.6 Å². The lowest BCUT2D eigenvalue weighted by atomic mass is 9.84. The molecule has 0 N–H and O–H groups in total. The third-order valence-corrected chi connectivity index (χ3v) is 8.40. The molecule has 0 radical (unpaired) electrons. The van der Waals surface area contributed by atoms with Gasteiger partial charge in [-0.1, -0.05) is 139 Å². The Kier molecular flexibility index (Phi) is 3.11. The van der Waals surface area contributed by atoms with Gasteiger partial charge >= 0.3 is 0 Å². The van der Waals surface area contributed by atoms with Crippen molar-refractivity contribution < 1.29 is 29.4 Å². The van der Waals surface area contributed by atoms with Crippen LogP contribution in [0.4, 0.5) is 0 Å². The summed E-state index contributed by atoms with van der Waals surface area (Å²) in [6.45, 7) is 0. The number of para-hydroxylation sites is 1. The second-order valence-electron chi connectivity index (χ2n) is 10.9. The van der Waals surface area contributed by atoms with Gasteiger partial charge in [-0.15, -0.1) is 0 Å². The molecule has 0 amide bonds. The summed E-state index contributed by atoms with van der Waals surface area (Å²) in [6.07, 6.45) is 0. The average Bonchev–Trinajstić information content (AvgIpc) is 3.85. The molecular weight excluding hydrogens is 560 g/mol. The van der Waals surface area contributed by atoms with E-state index in [9.17, 15) is 6.85 Å². The highest BCUT2D eigenvalue weighted by molar-refractivity contribution is 6.26. The lowest BCUT2D eigenvalue weighted by Crippen LogP contribution is -1.91. The first-order valence-corrected chi connectivity index (χ1v) is 14.5. The van der Waals surface area contributed by atoms with E-state index in [0.717, 1.165) is 10.9 Å². The second-order valence-corrected chi connectivity index (χ2v) is 10.9. The van der Waals surface area contributed by atoms with E-state index in [-0.39, 0.29) is 43.8 Å². The van der Waals surface area contributed by atoms with Crippen molar-refractivity contribution in [3.05, 3.63) is 157 Å². The van der Waals surface area contributed by atoms with Gasteiger partial charge in [-0.3, -0.25) is 0 Å². The van der Waals surface area contributed by atoms with Crippen LogP contribution in [0.5, 0.6) is 0 Å². The Labute approximate surface area is 285 Å². The van der Waals surface area contributed by atoms with Crippen LogP contribution in [0, 0.1) is 0 Å². The van der Waals surface area contributed by atoms with Crippen LogP contribution in [0.25, 0.3) is 98.8 Å². The summed E-state index contributed by atoms with van der Waals surface area (Å²) in [6, 6.07) is 9.65. The average molecular weight is 602 g/mol. The first kappa shape index (κ1) is 14.8. The predicted molar refractivity (Wildman–Crippen MR) is 192 cm³/mol. The Balaban J connectivity index is 1.44. The zero-order chi connectivity index (χ0) is 43.2. The van der Waals surface area contributed by atoms with Crippen molar-refractivity contribution in [3.8, 4) is 33.6 Å². The molecule has 0 saturated heterocycles. The number of hydrogen-bond donors (Lipinski definition) is 0. The van der Waals surface area contributed by atoms with Crippen LogP contribution in [-0.2, 0) is 0 Å². The van der Waals surface area contributed by atoms with Crippen molar-refractivity contribution in [3.63, 3.8) is 0 Å². The topological polar surface area (TPSA) is 26.3 Å². The van der Waals surface area contributed by atoms with Gasteiger partial charge in [0.2, 0.25) is 0 Å². The highest BCUT2D eigenvalue weighted by Crippen LogP contribution is 2.47. The maximum Gasteiger partial charge on any atom is 0.143 e. The van der Waals surface area contributed by atoms with E-state index < -0.39 is 107 Å². The maximum absolute atomic E-state index is 9.42. The molecule has 0 spiro atoms. The fourth-order valence-corrected chi connectivity index (χ4v) is 6.42. The van der Waals surface area contributed by atoms with E-state index in [1.807, 2.05) is 42.5 Å². The first-order valence-electron chi connectivity index (χ1n) is 22.0. The van der Waals surface area contributed by atoms with E-state index in [1.54, 1.807) is 24.3 Å². The van der Waals surface area contributed by atoms with E-state index in [2.05, 4.69) is 0 Å². The molecule has 10 aromatic rings. The molecule has 0 saturated carbocycles. The number of benzene rings is 8. The largest absolute Gasteiger partial charge is 0.456 e. The summed E-state index contributed by atoms with van der Waals surface area (Å²) in [5, 5.41) is -0.0860. The minimum absolute atomic E-state index is 0.0478. The molecule has 2 aromatic heterocycles. The van der Waals surface area contributed by atoms with Crippen molar-refractivity contribution in [1.29, 1.82) is 0 Å². The summed E-state index contributed by atoms with van der Waals surface area (Å²) in [5.74, 6) is 0.642. The summed E-state index contributed by atoms with van der Waals surface area (Å²) < 4.78 is 147. The Morgan fingerprint density at radius 2 is 1.07 bits per heavy atom. The van der Waals surface area contributed by atoms with Gasteiger partial charge in [0.05, 0.1) is 20.6 Å². The lowest BCUT2D eigenvalue weighted by Gasteiger charge is -2.18. The highest BCUT2D eigenvalue weighted by Gasteiger charge is 2.21. The third kappa shape index (κ3) is 3.65. The van der Waals surface area contributed by atoms with Gasteiger partial charge in [0, 0.05) is 32.8 Å². The molecule has 8 aromatic carbocycles. The molecule has 2 heterocycles. The fraction of sp³-hybridized carbons (Fsp3) is 0. The van der Waals surface area contributed by atoms with Crippen molar-refractivity contribution in [2.24, 2.45) is 0 Å². The van der Waals surface area contributed by atoms with E-state index in [1.165, 1.54) is 0 Å². The fourth-order valence-electron chi connectivity index (χ4n) is 6.42. The number of hydrogen-bond acceptors (Lipinski definition) is 2. The minimum Gasteiger partial charge on any atom is -0.456 e. The summed E-state index contributed by atoms with van der Waals surface area (Å²) >= 11 is 0. The molecule has 0 aliphatic carbocycles. The molecule has 0 aliphatic rings. The Morgan fingerprint density at radius 1 is 0.413 bits per heavy atom. The number of furan rings is 2. The zero-order valence-corrected chi connectivity index (χ0v) is 23.7. The SMILES string of the molecule is [2H]c1c([2H])c([2H])c2c(-c3c4c([2H])c([2H])c([2H])c([2H])c4c(-c4cccc5c4oc4cc6cc(-c7ccccc7)oc6cc45)c4c([2H])c([2H])c([2H])c([2H])c34)c([2H])c([2H])c([2H])c2c1[2H]. The molecule has 0 fully saturated rings. The lowest BCUT2D eigenvalue weighted by molar-refractivity contribution is 0.631. The van der Waals surface area contributed by atoms with Crippen molar-refractivity contribution in [2.75, 3.05) is 0 Å². The van der Waals surface area contributed by atoms with Crippen molar-refractivity contribution in [1.82, 2.24) is 0 Å². The highest BCUT2D eigenvalue weighted by atomic mass is 16.3. The molecule has 0 atom stereocenters. The first-order chi connectivity index (χ1) is 29.0. The molecule has 0 unspecified atom stereocenters. The van der Waals surface area contributed by atoms with Gasteiger partial charge in [-0.2, -0.15) is 0 Å². The zero-order valence-electron chi connectivity index (χ0n) is 38.7. The minimum atomic E-state index is -0.770. The van der Waals surface area contributed by atoms with E-state index >= 15 is 0 Å². The Hall–Kier alpha value is -6.12.